The monoisotopic (exact) mass is 271 g/mol. The van der Waals surface area contributed by atoms with Crippen LogP contribution in [0.15, 0.2) is 0 Å². The molecule has 0 radical (unpaired) electrons. The third-order valence-electron chi connectivity index (χ3n) is 3.04. The minimum absolute atomic E-state index is 0.0465. The number of nitrogens with one attached hydrogen (secondary N) is 1. The molecule has 0 bridgehead atoms. The number of rotatable bonds is 3. The lowest BCUT2D eigenvalue weighted by molar-refractivity contribution is 0.370. The average Bonchev–Trinajstić information content (AvgIpc) is 2.75. The van der Waals surface area contributed by atoms with Crippen molar-refractivity contribution >= 4 is 10.8 Å². The topological polar surface area (TPSA) is 72.7 Å². The van der Waals surface area contributed by atoms with Crippen molar-refractivity contribution in [3.05, 3.63) is 5.82 Å². The molecule has 0 spiro atoms. The SMILES string of the molecule is CC(C)(C)NCc1nnnn1C1CCS(=O)CC1. The van der Waals surface area contributed by atoms with E-state index in [9.17, 15) is 4.21 Å². The second-order valence-electron chi connectivity index (χ2n) is 5.72. The molecule has 0 unspecified atom stereocenters. The Kier molecular flexibility index (Phi) is 4.11. The van der Waals surface area contributed by atoms with Gasteiger partial charge in [-0.05, 0) is 44.0 Å². The van der Waals surface area contributed by atoms with E-state index in [0.29, 0.717) is 12.6 Å². The first kappa shape index (κ1) is 13.6. The van der Waals surface area contributed by atoms with E-state index >= 15 is 0 Å². The quantitative estimate of drug-likeness (QED) is 0.873. The van der Waals surface area contributed by atoms with E-state index in [0.717, 1.165) is 30.2 Å². The lowest BCUT2D eigenvalue weighted by atomic mass is 10.1. The van der Waals surface area contributed by atoms with Crippen LogP contribution in [0, 0.1) is 0 Å². The van der Waals surface area contributed by atoms with Crippen molar-refractivity contribution in [2.75, 3.05) is 11.5 Å². The molecule has 2 rings (SSSR count). The zero-order valence-electron chi connectivity index (χ0n) is 11.2. The van der Waals surface area contributed by atoms with Crippen LogP contribution in [0.1, 0.15) is 45.5 Å². The molecule has 18 heavy (non-hydrogen) atoms. The van der Waals surface area contributed by atoms with Crippen LogP contribution in [0.5, 0.6) is 0 Å². The van der Waals surface area contributed by atoms with Gasteiger partial charge in [-0.2, -0.15) is 0 Å². The summed E-state index contributed by atoms with van der Waals surface area (Å²) in [5.41, 5.74) is 0.0465. The van der Waals surface area contributed by atoms with E-state index in [2.05, 4.69) is 41.6 Å². The highest BCUT2D eigenvalue weighted by atomic mass is 32.2. The molecule has 102 valence electrons. The van der Waals surface area contributed by atoms with Gasteiger partial charge in [0.1, 0.15) is 0 Å². The third-order valence-corrected chi connectivity index (χ3v) is 4.42. The number of tetrazole rings is 1. The van der Waals surface area contributed by atoms with Gasteiger partial charge in [-0.25, -0.2) is 4.68 Å². The van der Waals surface area contributed by atoms with Gasteiger partial charge in [-0.15, -0.1) is 5.10 Å². The number of nitrogens with zero attached hydrogens (tertiary/aromatic N) is 4. The Morgan fingerprint density at radius 2 is 2.06 bits per heavy atom. The summed E-state index contributed by atoms with van der Waals surface area (Å²) in [6.07, 6.45) is 1.81. The van der Waals surface area contributed by atoms with Gasteiger partial charge in [0.05, 0.1) is 12.6 Å². The first-order valence-corrected chi connectivity index (χ1v) is 7.81. The van der Waals surface area contributed by atoms with Crippen molar-refractivity contribution in [2.24, 2.45) is 0 Å². The zero-order chi connectivity index (χ0) is 13.2. The van der Waals surface area contributed by atoms with Gasteiger partial charge in [-0.3, -0.25) is 4.21 Å². The molecule has 0 aromatic carbocycles. The summed E-state index contributed by atoms with van der Waals surface area (Å²) in [6.45, 7) is 7.01. The predicted octanol–water partition coefficient (Wildman–Crippen LogP) is 0.645. The molecule has 1 aliphatic heterocycles. The predicted molar refractivity (Wildman–Crippen MR) is 70.6 cm³/mol. The van der Waals surface area contributed by atoms with Crippen molar-refractivity contribution in [3.8, 4) is 0 Å². The fourth-order valence-corrected chi connectivity index (χ4v) is 3.26. The molecule has 0 atom stereocenters. The van der Waals surface area contributed by atoms with Crippen LogP contribution in [0.3, 0.4) is 0 Å². The minimum Gasteiger partial charge on any atom is -0.305 e. The second-order valence-corrected chi connectivity index (χ2v) is 7.42. The van der Waals surface area contributed by atoms with Crippen molar-refractivity contribution in [1.82, 2.24) is 25.5 Å². The third kappa shape index (κ3) is 3.58. The maximum absolute atomic E-state index is 11.4. The molecule has 6 nitrogen and oxygen atoms in total. The van der Waals surface area contributed by atoms with Gasteiger partial charge >= 0.3 is 0 Å². The summed E-state index contributed by atoms with van der Waals surface area (Å²) >= 11 is 0. The standard InChI is InChI=1S/C11H21N5OS/c1-11(2,3)12-8-10-13-14-15-16(10)9-4-6-18(17)7-5-9/h9,12H,4-8H2,1-3H3. The molecule has 0 aliphatic carbocycles. The normalized spacial score (nSPS) is 25.3. The minimum atomic E-state index is -0.644. The van der Waals surface area contributed by atoms with Gasteiger partial charge in [0, 0.05) is 27.8 Å². The second kappa shape index (κ2) is 5.44. The summed E-state index contributed by atoms with van der Waals surface area (Å²) < 4.78 is 13.3. The first-order chi connectivity index (χ1) is 8.46. The van der Waals surface area contributed by atoms with Crippen molar-refractivity contribution in [2.45, 2.75) is 51.7 Å². The van der Waals surface area contributed by atoms with Crippen molar-refractivity contribution in [3.63, 3.8) is 0 Å². The van der Waals surface area contributed by atoms with Crippen molar-refractivity contribution in [1.29, 1.82) is 0 Å². The molecule has 1 aromatic rings. The molecule has 1 aromatic heterocycles. The maximum Gasteiger partial charge on any atom is 0.165 e. The van der Waals surface area contributed by atoms with Crippen LogP contribution in [0.2, 0.25) is 0 Å². The van der Waals surface area contributed by atoms with Crippen LogP contribution in [0.25, 0.3) is 0 Å². The molecule has 1 saturated heterocycles. The number of hydrogen-bond donors (Lipinski definition) is 1. The average molecular weight is 271 g/mol. The summed E-state index contributed by atoms with van der Waals surface area (Å²) in [7, 11) is -0.644. The molecule has 0 saturated carbocycles. The highest BCUT2D eigenvalue weighted by Crippen LogP contribution is 2.22. The molecule has 1 N–H and O–H groups in total. The molecule has 2 heterocycles. The van der Waals surface area contributed by atoms with Gasteiger partial charge in [0.15, 0.2) is 5.82 Å². The molecular formula is C11H21N5OS. The van der Waals surface area contributed by atoms with Gasteiger partial charge < -0.3 is 5.32 Å². The molecule has 0 amide bonds. The highest BCUT2D eigenvalue weighted by molar-refractivity contribution is 7.85. The van der Waals surface area contributed by atoms with Crippen LogP contribution in [-0.2, 0) is 17.3 Å². The Morgan fingerprint density at radius 3 is 2.67 bits per heavy atom. The molecule has 1 aliphatic rings. The molecule has 7 heteroatoms. The van der Waals surface area contributed by atoms with E-state index in [-0.39, 0.29) is 5.54 Å². The van der Waals surface area contributed by atoms with E-state index in [1.54, 1.807) is 0 Å². The Labute approximate surface area is 110 Å². The first-order valence-electron chi connectivity index (χ1n) is 6.32. The van der Waals surface area contributed by atoms with Crippen LogP contribution in [0.4, 0.5) is 0 Å². The van der Waals surface area contributed by atoms with E-state index in [4.69, 9.17) is 0 Å². The largest absolute Gasteiger partial charge is 0.305 e. The Hall–Kier alpha value is -0.820. The smallest absolute Gasteiger partial charge is 0.165 e. The summed E-state index contributed by atoms with van der Waals surface area (Å²) in [6, 6.07) is 0.300. The van der Waals surface area contributed by atoms with Crippen LogP contribution in [-0.4, -0.2) is 41.5 Å². The van der Waals surface area contributed by atoms with Crippen LogP contribution < -0.4 is 5.32 Å². The van der Waals surface area contributed by atoms with Gasteiger partial charge in [0.2, 0.25) is 0 Å². The van der Waals surface area contributed by atoms with Gasteiger partial charge in [0.25, 0.3) is 0 Å². The molecular weight excluding hydrogens is 250 g/mol. The highest BCUT2D eigenvalue weighted by Gasteiger charge is 2.23. The Balaban J connectivity index is 2.01. The van der Waals surface area contributed by atoms with Gasteiger partial charge in [-0.1, -0.05) is 0 Å². The van der Waals surface area contributed by atoms with E-state index in [1.165, 1.54) is 0 Å². The summed E-state index contributed by atoms with van der Waals surface area (Å²) in [5, 5.41) is 15.3. The number of aromatic nitrogens is 4. The Bertz CT molecular complexity index is 415. The zero-order valence-corrected chi connectivity index (χ0v) is 12.0. The molecule has 1 fully saturated rings. The maximum atomic E-state index is 11.4. The fraction of sp³-hybridized carbons (Fsp3) is 0.909. The van der Waals surface area contributed by atoms with E-state index in [1.807, 2.05) is 4.68 Å². The lowest BCUT2D eigenvalue weighted by Crippen LogP contribution is -2.36. The fourth-order valence-electron chi connectivity index (χ4n) is 1.98. The Morgan fingerprint density at radius 1 is 1.39 bits per heavy atom. The number of hydrogen-bond acceptors (Lipinski definition) is 5. The van der Waals surface area contributed by atoms with Crippen molar-refractivity contribution < 1.29 is 4.21 Å². The van der Waals surface area contributed by atoms with E-state index < -0.39 is 10.8 Å². The van der Waals surface area contributed by atoms with Crippen LogP contribution >= 0.6 is 0 Å². The summed E-state index contributed by atoms with van der Waals surface area (Å²) in [5.74, 6) is 2.38. The lowest BCUT2D eigenvalue weighted by Gasteiger charge is -2.24. The summed E-state index contributed by atoms with van der Waals surface area (Å²) in [4.78, 5) is 0.